The molecule has 0 aromatic heterocycles. The van der Waals surface area contributed by atoms with Crippen molar-refractivity contribution in [2.45, 2.75) is 19.1 Å². The first kappa shape index (κ1) is 8.73. The summed E-state index contributed by atoms with van der Waals surface area (Å²) in [6.45, 7) is 2.39. The molecule has 2 atom stereocenters. The topological polar surface area (TPSA) is 49.7 Å². The van der Waals surface area contributed by atoms with Crippen LogP contribution in [0.2, 0.25) is 0 Å². The van der Waals surface area contributed by atoms with Gasteiger partial charge in [0.05, 0.1) is 0 Å². The molecule has 0 aromatic carbocycles. The Kier molecular flexibility index (Phi) is 1.59. The van der Waals surface area contributed by atoms with Crippen LogP contribution in [0.25, 0.3) is 0 Å². The average Bonchev–Trinajstić information content (AvgIpc) is 2.72. The number of nitrogens with zero attached hydrogens (tertiary/aromatic N) is 2. The predicted molar refractivity (Wildman–Crippen MR) is 54.6 cm³/mol. The molecule has 2 aliphatic heterocycles. The highest BCUT2D eigenvalue weighted by Gasteiger charge is 2.45. The van der Waals surface area contributed by atoms with Crippen molar-refractivity contribution in [3.05, 3.63) is 23.8 Å². The summed E-state index contributed by atoms with van der Waals surface area (Å²) in [7, 11) is 0. The Morgan fingerprint density at radius 1 is 1.47 bits per heavy atom. The Labute approximate surface area is 87.0 Å². The van der Waals surface area contributed by atoms with Gasteiger partial charge in [0.1, 0.15) is 17.9 Å². The van der Waals surface area contributed by atoms with Gasteiger partial charge in [-0.25, -0.2) is 0 Å². The van der Waals surface area contributed by atoms with Crippen LogP contribution in [-0.2, 0) is 9.59 Å². The Hall–Kier alpha value is -1.55. The number of hydrogen-bond acceptors (Lipinski definition) is 4. The van der Waals surface area contributed by atoms with Crippen LogP contribution in [0, 0.1) is 0 Å². The van der Waals surface area contributed by atoms with Gasteiger partial charge in [-0.3, -0.25) is 19.5 Å². The molecule has 2 heterocycles. The van der Waals surface area contributed by atoms with Gasteiger partial charge < -0.3 is 0 Å². The SMILES string of the molecule is CC1=CC(=O)C2=NC3C=CCN3C2C1=O. The maximum atomic E-state index is 11.9. The van der Waals surface area contributed by atoms with Gasteiger partial charge in [-0.15, -0.1) is 0 Å². The number of carbonyl (C=O) groups is 2. The average molecular weight is 202 g/mol. The van der Waals surface area contributed by atoms with E-state index in [9.17, 15) is 9.59 Å². The minimum atomic E-state index is -0.428. The summed E-state index contributed by atoms with van der Waals surface area (Å²) in [6, 6.07) is -0.428. The monoisotopic (exact) mass is 202 g/mol. The second-order valence-electron chi connectivity index (χ2n) is 4.01. The lowest BCUT2D eigenvalue weighted by Crippen LogP contribution is -2.47. The van der Waals surface area contributed by atoms with E-state index in [2.05, 4.69) is 4.99 Å². The summed E-state index contributed by atoms with van der Waals surface area (Å²) in [5, 5.41) is 0. The number of hydrogen-bond donors (Lipinski definition) is 0. The van der Waals surface area contributed by atoms with Crippen molar-refractivity contribution in [3.63, 3.8) is 0 Å². The maximum Gasteiger partial charge on any atom is 0.202 e. The molecule has 0 spiro atoms. The van der Waals surface area contributed by atoms with Crippen LogP contribution in [0.1, 0.15) is 6.92 Å². The van der Waals surface area contributed by atoms with Crippen LogP contribution in [0.15, 0.2) is 28.8 Å². The van der Waals surface area contributed by atoms with E-state index in [4.69, 9.17) is 0 Å². The zero-order chi connectivity index (χ0) is 10.6. The van der Waals surface area contributed by atoms with Gasteiger partial charge in [0.2, 0.25) is 5.78 Å². The molecule has 0 saturated carbocycles. The molecule has 0 saturated heterocycles. The first-order valence-corrected chi connectivity index (χ1v) is 4.95. The Morgan fingerprint density at radius 2 is 2.27 bits per heavy atom. The molecule has 0 radical (unpaired) electrons. The Balaban J connectivity index is 2.10. The molecule has 2 unspecified atom stereocenters. The van der Waals surface area contributed by atoms with Crippen molar-refractivity contribution in [3.8, 4) is 0 Å². The van der Waals surface area contributed by atoms with E-state index in [-0.39, 0.29) is 17.7 Å². The highest BCUT2D eigenvalue weighted by atomic mass is 16.1. The van der Waals surface area contributed by atoms with E-state index in [1.165, 1.54) is 6.08 Å². The van der Waals surface area contributed by atoms with Gasteiger partial charge >= 0.3 is 0 Å². The summed E-state index contributed by atoms with van der Waals surface area (Å²) >= 11 is 0. The maximum absolute atomic E-state index is 11.9. The van der Waals surface area contributed by atoms with Crippen LogP contribution in [-0.4, -0.2) is 40.9 Å². The van der Waals surface area contributed by atoms with E-state index in [0.29, 0.717) is 17.8 Å². The van der Waals surface area contributed by atoms with Crippen LogP contribution in [0.4, 0.5) is 0 Å². The standard InChI is InChI=1S/C11H10N2O2/c1-6-5-7(14)9-10(11(6)15)13-4-2-3-8(13)12-9/h2-3,5,8,10H,4H2,1H3. The molecular weight excluding hydrogens is 192 g/mol. The summed E-state index contributed by atoms with van der Waals surface area (Å²) in [5.41, 5.74) is 0.955. The van der Waals surface area contributed by atoms with Crippen molar-refractivity contribution in [2.24, 2.45) is 4.99 Å². The lowest BCUT2D eigenvalue weighted by molar-refractivity contribution is -0.120. The van der Waals surface area contributed by atoms with E-state index in [0.717, 1.165) is 0 Å². The Morgan fingerprint density at radius 3 is 3.07 bits per heavy atom. The lowest BCUT2D eigenvalue weighted by atomic mass is 9.91. The van der Waals surface area contributed by atoms with E-state index < -0.39 is 6.04 Å². The van der Waals surface area contributed by atoms with Crippen molar-refractivity contribution in [1.82, 2.24) is 4.90 Å². The van der Waals surface area contributed by atoms with E-state index >= 15 is 0 Å². The number of allylic oxidation sites excluding steroid dienone is 1. The van der Waals surface area contributed by atoms with Gasteiger partial charge in [-0.05, 0) is 24.6 Å². The van der Waals surface area contributed by atoms with Crippen LogP contribution in [0.3, 0.4) is 0 Å². The largest absolute Gasteiger partial charge is 0.292 e. The molecule has 0 N–H and O–H groups in total. The van der Waals surface area contributed by atoms with Crippen molar-refractivity contribution < 1.29 is 9.59 Å². The quantitative estimate of drug-likeness (QED) is 0.524. The third-order valence-electron chi connectivity index (χ3n) is 3.06. The third kappa shape index (κ3) is 1.02. The lowest BCUT2D eigenvalue weighted by Gasteiger charge is -2.24. The first-order chi connectivity index (χ1) is 7.18. The third-order valence-corrected chi connectivity index (χ3v) is 3.06. The highest BCUT2D eigenvalue weighted by Crippen LogP contribution is 2.28. The normalized spacial score (nSPS) is 33.9. The summed E-state index contributed by atoms with van der Waals surface area (Å²) in [5.74, 6) is -0.0977. The van der Waals surface area contributed by atoms with Crippen LogP contribution in [0.5, 0.6) is 0 Å². The number of ketones is 2. The van der Waals surface area contributed by atoms with Crippen molar-refractivity contribution >= 4 is 17.3 Å². The molecular formula is C11H10N2O2. The summed E-state index contributed by atoms with van der Waals surface area (Å²) < 4.78 is 0. The highest BCUT2D eigenvalue weighted by molar-refractivity contribution is 6.53. The van der Waals surface area contributed by atoms with Gasteiger partial charge in [-0.2, -0.15) is 0 Å². The second-order valence-corrected chi connectivity index (χ2v) is 4.01. The molecule has 0 bridgehead atoms. The van der Waals surface area contributed by atoms with Crippen molar-refractivity contribution in [1.29, 1.82) is 0 Å². The molecule has 76 valence electrons. The molecule has 4 nitrogen and oxygen atoms in total. The molecule has 0 amide bonds. The summed E-state index contributed by atoms with van der Waals surface area (Å²) in [4.78, 5) is 29.8. The second kappa shape index (κ2) is 2.73. The fourth-order valence-electron chi connectivity index (χ4n) is 2.30. The van der Waals surface area contributed by atoms with E-state index in [1.807, 2.05) is 17.1 Å². The number of Topliss-reactive ketones (excluding diaryl/α,β-unsaturated/α-hetero) is 1. The zero-order valence-corrected chi connectivity index (χ0v) is 8.30. The molecule has 3 aliphatic rings. The smallest absolute Gasteiger partial charge is 0.202 e. The summed E-state index contributed by atoms with van der Waals surface area (Å²) in [6.07, 6.45) is 5.21. The van der Waals surface area contributed by atoms with Crippen LogP contribution >= 0.6 is 0 Å². The van der Waals surface area contributed by atoms with E-state index in [1.54, 1.807) is 6.92 Å². The molecule has 4 heteroatoms. The van der Waals surface area contributed by atoms with Gasteiger partial charge in [0.25, 0.3) is 0 Å². The molecule has 1 aliphatic carbocycles. The molecule has 0 fully saturated rings. The van der Waals surface area contributed by atoms with Crippen molar-refractivity contribution in [2.75, 3.05) is 6.54 Å². The molecule has 15 heavy (non-hydrogen) atoms. The molecule has 0 aromatic rings. The Bertz CT molecular complexity index is 459. The fraction of sp³-hybridized carbons (Fsp3) is 0.364. The van der Waals surface area contributed by atoms with Gasteiger partial charge in [0.15, 0.2) is 5.78 Å². The fourth-order valence-corrected chi connectivity index (χ4v) is 2.30. The minimum Gasteiger partial charge on any atom is -0.292 e. The number of aliphatic imine (C=N–C) groups is 1. The van der Waals surface area contributed by atoms with Gasteiger partial charge in [-0.1, -0.05) is 6.08 Å². The number of carbonyl (C=O) groups excluding carboxylic acids is 2. The van der Waals surface area contributed by atoms with Crippen LogP contribution < -0.4 is 0 Å². The number of fused-ring (bicyclic) bond motifs is 3. The minimum absolute atomic E-state index is 0.0135. The predicted octanol–water partition coefficient (Wildman–Crippen LogP) is 0.106. The van der Waals surface area contributed by atoms with Gasteiger partial charge in [0, 0.05) is 6.54 Å². The molecule has 3 rings (SSSR count). The first-order valence-electron chi connectivity index (χ1n) is 4.95. The zero-order valence-electron chi connectivity index (χ0n) is 8.30. The number of rotatable bonds is 0.